The summed E-state index contributed by atoms with van der Waals surface area (Å²) in [5.41, 5.74) is 7.39. The van der Waals surface area contributed by atoms with Gasteiger partial charge in [0.25, 0.3) is 0 Å². The van der Waals surface area contributed by atoms with Gasteiger partial charge in [-0.1, -0.05) is 31.6 Å². The Labute approximate surface area is 100 Å². The number of nitrogens with zero attached hydrogens (tertiary/aromatic N) is 2. The molecule has 4 nitrogen and oxygen atoms in total. The number of nitrogens with one attached hydrogen (secondary N) is 1. The predicted octanol–water partition coefficient (Wildman–Crippen LogP) is 2.59. The second-order valence-electron chi connectivity index (χ2n) is 3.88. The van der Waals surface area contributed by atoms with Gasteiger partial charge >= 0.3 is 0 Å². The first-order valence-electron chi connectivity index (χ1n) is 5.72. The summed E-state index contributed by atoms with van der Waals surface area (Å²) in [4.78, 5) is 4.35. The molecule has 1 heterocycles. The first kappa shape index (κ1) is 11.4. The van der Waals surface area contributed by atoms with E-state index in [1.807, 2.05) is 35.0 Å². The van der Waals surface area contributed by atoms with Crippen LogP contribution in [0.2, 0.25) is 0 Å². The fourth-order valence-electron chi connectivity index (χ4n) is 1.73. The Morgan fingerprint density at radius 2 is 2.24 bits per heavy atom. The predicted molar refractivity (Wildman–Crippen MR) is 71.0 cm³/mol. The molecule has 0 radical (unpaired) electrons. The lowest BCUT2D eigenvalue weighted by molar-refractivity contribution is 0.955. The Morgan fingerprint density at radius 3 is 2.94 bits per heavy atom. The number of hydrogen-bond donors (Lipinski definition) is 2. The maximum atomic E-state index is 7.55. The number of imidazole rings is 1. The van der Waals surface area contributed by atoms with E-state index in [4.69, 9.17) is 11.1 Å². The molecule has 0 amide bonds. The highest BCUT2D eigenvalue weighted by Gasteiger charge is 2.09. The van der Waals surface area contributed by atoms with Gasteiger partial charge in [-0.3, -0.25) is 9.98 Å². The van der Waals surface area contributed by atoms with E-state index in [0.29, 0.717) is 5.82 Å². The third-order valence-electron chi connectivity index (χ3n) is 2.55. The molecule has 88 valence electrons. The normalized spacial score (nSPS) is 11.4. The fourth-order valence-corrected chi connectivity index (χ4v) is 1.73. The van der Waals surface area contributed by atoms with Crippen LogP contribution < -0.4 is 5.73 Å². The summed E-state index contributed by atoms with van der Waals surface area (Å²) in [7, 11) is 0. The number of rotatable bonds is 4. The van der Waals surface area contributed by atoms with Gasteiger partial charge in [0.2, 0.25) is 0 Å². The van der Waals surface area contributed by atoms with Crippen LogP contribution >= 0.6 is 0 Å². The zero-order valence-corrected chi connectivity index (χ0v) is 9.85. The van der Waals surface area contributed by atoms with Crippen LogP contribution in [-0.4, -0.2) is 15.4 Å². The van der Waals surface area contributed by atoms with Crippen molar-refractivity contribution in [1.29, 1.82) is 5.41 Å². The van der Waals surface area contributed by atoms with Crippen LogP contribution in [0.4, 0.5) is 0 Å². The van der Waals surface area contributed by atoms with Crippen LogP contribution in [0, 0.1) is 5.41 Å². The average Bonchev–Trinajstić information content (AvgIpc) is 2.69. The van der Waals surface area contributed by atoms with E-state index in [-0.39, 0.29) is 5.84 Å². The standard InChI is InChI=1S/C13H16N4/c1-2-3-6-9-17-11-8-5-4-7-10(11)16-13(17)12(14)15/h4-9H,2-3H2,1H3,(H3,14,15)/b9-6+. The zero-order valence-electron chi connectivity index (χ0n) is 9.85. The van der Waals surface area contributed by atoms with Gasteiger partial charge in [-0.05, 0) is 18.6 Å². The molecule has 0 bridgehead atoms. The van der Waals surface area contributed by atoms with E-state index in [1.165, 1.54) is 0 Å². The monoisotopic (exact) mass is 228 g/mol. The number of nitrogens with two attached hydrogens (primary N) is 1. The SMILES string of the molecule is CCC/C=C/n1c(C(=N)N)nc2ccccc21. The molecule has 0 unspecified atom stereocenters. The Balaban J connectivity index is 2.56. The summed E-state index contributed by atoms with van der Waals surface area (Å²) in [5, 5.41) is 7.55. The van der Waals surface area contributed by atoms with Crippen LogP contribution in [0.1, 0.15) is 25.6 Å². The molecule has 0 saturated heterocycles. The molecule has 0 saturated carbocycles. The largest absolute Gasteiger partial charge is 0.381 e. The number of nitrogen functional groups attached to an aromatic ring is 1. The van der Waals surface area contributed by atoms with Crippen LogP contribution in [0.15, 0.2) is 30.3 Å². The van der Waals surface area contributed by atoms with E-state index < -0.39 is 0 Å². The van der Waals surface area contributed by atoms with Gasteiger partial charge in [-0.25, -0.2) is 4.98 Å². The number of amidine groups is 1. The lowest BCUT2D eigenvalue weighted by Gasteiger charge is -2.01. The van der Waals surface area contributed by atoms with Gasteiger partial charge in [-0.15, -0.1) is 0 Å². The smallest absolute Gasteiger partial charge is 0.180 e. The second-order valence-corrected chi connectivity index (χ2v) is 3.88. The highest BCUT2D eigenvalue weighted by atomic mass is 15.1. The highest BCUT2D eigenvalue weighted by Crippen LogP contribution is 2.16. The molecule has 17 heavy (non-hydrogen) atoms. The van der Waals surface area contributed by atoms with Gasteiger partial charge in [-0.2, -0.15) is 0 Å². The Morgan fingerprint density at radius 1 is 1.47 bits per heavy atom. The van der Waals surface area contributed by atoms with Gasteiger partial charge in [0.05, 0.1) is 11.0 Å². The number of fused-ring (bicyclic) bond motifs is 1. The summed E-state index contributed by atoms with van der Waals surface area (Å²) in [6.07, 6.45) is 6.11. The summed E-state index contributed by atoms with van der Waals surface area (Å²) < 4.78 is 1.87. The van der Waals surface area contributed by atoms with Crippen LogP contribution in [0.3, 0.4) is 0 Å². The maximum absolute atomic E-state index is 7.55. The van der Waals surface area contributed by atoms with Crippen LogP contribution in [0.5, 0.6) is 0 Å². The van der Waals surface area contributed by atoms with Crippen molar-refractivity contribution in [3.8, 4) is 0 Å². The van der Waals surface area contributed by atoms with Crippen molar-refractivity contribution in [3.63, 3.8) is 0 Å². The van der Waals surface area contributed by atoms with Crippen LogP contribution in [0.25, 0.3) is 17.2 Å². The molecular formula is C13H16N4. The number of para-hydroxylation sites is 2. The van der Waals surface area contributed by atoms with Gasteiger partial charge in [0, 0.05) is 6.20 Å². The van der Waals surface area contributed by atoms with E-state index in [2.05, 4.69) is 18.0 Å². The van der Waals surface area contributed by atoms with Crippen LogP contribution in [-0.2, 0) is 0 Å². The molecule has 0 aliphatic rings. The number of allylic oxidation sites excluding steroid dienone is 1. The molecule has 2 aromatic rings. The minimum Gasteiger partial charge on any atom is -0.381 e. The summed E-state index contributed by atoms with van der Waals surface area (Å²) in [5.74, 6) is 0.487. The van der Waals surface area contributed by atoms with E-state index in [9.17, 15) is 0 Å². The first-order valence-corrected chi connectivity index (χ1v) is 5.72. The molecule has 0 spiro atoms. The molecule has 0 aliphatic heterocycles. The van der Waals surface area contributed by atoms with E-state index in [0.717, 1.165) is 23.9 Å². The topological polar surface area (TPSA) is 67.7 Å². The Bertz CT molecular complexity index is 566. The van der Waals surface area contributed by atoms with Gasteiger partial charge in [0.15, 0.2) is 11.7 Å². The summed E-state index contributed by atoms with van der Waals surface area (Å²) >= 11 is 0. The van der Waals surface area contributed by atoms with Crippen molar-refractivity contribution in [2.75, 3.05) is 0 Å². The van der Waals surface area contributed by atoms with Crippen molar-refractivity contribution in [2.45, 2.75) is 19.8 Å². The minimum atomic E-state index is -0.0117. The maximum Gasteiger partial charge on any atom is 0.180 e. The quantitative estimate of drug-likeness (QED) is 0.624. The van der Waals surface area contributed by atoms with Crippen molar-refractivity contribution in [2.24, 2.45) is 5.73 Å². The van der Waals surface area contributed by atoms with E-state index >= 15 is 0 Å². The lowest BCUT2D eigenvalue weighted by atomic mass is 10.3. The molecule has 1 aromatic carbocycles. The third-order valence-corrected chi connectivity index (χ3v) is 2.55. The highest BCUT2D eigenvalue weighted by molar-refractivity contribution is 5.96. The molecule has 3 N–H and O–H groups in total. The Kier molecular flexibility index (Phi) is 3.23. The first-order chi connectivity index (χ1) is 8.24. The fraction of sp³-hybridized carbons (Fsp3) is 0.231. The number of hydrogen-bond acceptors (Lipinski definition) is 2. The van der Waals surface area contributed by atoms with E-state index in [1.54, 1.807) is 0 Å². The van der Waals surface area contributed by atoms with Crippen molar-refractivity contribution in [3.05, 3.63) is 36.2 Å². The minimum absolute atomic E-state index is 0.0117. The molecule has 1 aromatic heterocycles. The van der Waals surface area contributed by atoms with Crippen molar-refractivity contribution < 1.29 is 0 Å². The second kappa shape index (κ2) is 4.82. The lowest BCUT2D eigenvalue weighted by Crippen LogP contribution is -2.16. The van der Waals surface area contributed by atoms with Gasteiger partial charge in [0.1, 0.15) is 0 Å². The number of benzene rings is 1. The number of unbranched alkanes of at least 4 members (excludes halogenated alkanes) is 1. The zero-order chi connectivity index (χ0) is 12.3. The average molecular weight is 228 g/mol. The van der Waals surface area contributed by atoms with Gasteiger partial charge < -0.3 is 5.73 Å². The summed E-state index contributed by atoms with van der Waals surface area (Å²) in [6, 6.07) is 7.79. The molecule has 0 aliphatic carbocycles. The molecule has 0 fully saturated rings. The van der Waals surface area contributed by atoms with Crippen molar-refractivity contribution in [1.82, 2.24) is 9.55 Å². The third kappa shape index (κ3) is 2.20. The molecular weight excluding hydrogens is 212 g/mol. The molecule has 0 atom stereocenters. The molecule has 4 heteroatoms. The Hall–Kier alpha value is -2.10. The molecule has 2 rings (SSSR count). The van der Waals surface area contributed by atoms with Crippen molar-refractivity contribution >= 4 is 23.1 Å². The number of aromatic nitrogens is 2. The summed E-state index contributed by atoms with van der Waals surface area (Å²) in [6.45, 7) is 2.13.